The highest BCUT2D eigenvalue weighted by Crippen LogP contribution is 2.71. The molecule has 4 aliphatic rings. The molecule has 3 fully saturated rings. The van der Waals surface area contributed by atoms with Crippen molar-refractivity contribution in [2.24, 2.45) is 0 Å². The van der Waals surface area contributed by atoms with Crippen LogP contribution in [0.25, 0.3) is 6.08 Å². The van der Waals surface area contributed by atoms with Gasteiger partial charge in [0.05, 0.1) is 25.9 Å². The fourth-order valence-corrected chi connectivity index (χ4v) is 7.70. The smallest absolute Gasteiger partial charge is 0.331 e. The molecule has 6 rings (SSSR count). The molecule has 2 aromatic carbocycles. The number of phenolic OH excluding ortho intramolecular Hbond substituents is 2. The quantitative estimate of drug-likeness (QED) is 0.357. The van der Waals surface area contributed by atoms with E-state index in [1.807, 2.05) is 6.07 Å². The van der Waals surface area contributed by atoms with Crippen molar-refractivity contribution in [3.8, 4) is 23.0 Å². The first kappa shape index (κ1) is 25.9. The van der Waals surface area contributed by atoms with Crippen LogP contribution in [-0.2, 0) is 29.2 Å². The number of rotatable bonds is 7. The second kappa shape index (κ2) is 9.12. The molecule has 0 unspecified atom stereocenters. The molecule has 2 aromatic rings. The van der Waals surface area contributed by atoms with Crippen LogP contribution in [0.2, 0.25) is 0 Å². The van der Waals surface area contributed by atoms with Crippen LogP contribution in [0.1, 0.15) is 42.1 Å². The van der Waals surface area contributed by atoms with Gasteiger partial charge in [-0.05, 0) is 54.8 Å². The summed E-state index contributed by atoms with van der Waals surface area (Å²) in [6.45, 7) is 0.662. The highest BCUT2D eigenvalue weighted by Gasteiger charge is 2.81. The number of carbonyl (C=O) groups is 1. The first-order valence-electron chi connectivity index (χ1n) is 13.0. The van der Waals surface area contributed by atoms with Gasteiger partial charge in [0, 0.05) is 37.7 Å². The minimum absolute atomic E-state index is 0.0333. The van der Waals surface area contributed by atoms with E-state index in [-0.39, 0.29) is 17.6 Å². The number of aromatic hydroxyl groups is 2. The van der Waals surface area contributed by atoms with Crippen LogP contribution in [0.15, 0.2) is 36.4 Å². The van der Waals surface area contributed by atoms with E-state index in [2.05, 4.69) is 5.32 Å². The standard InChI is InChI=1S/C29H33NO9/c1-34-19-8-5-16(13-18(19)31)6-10-23(32)38-22-14-27-11-12-30-28(27)15-21(39-29(28,37-4)26(22)36-3)17-7-9-20(35-2)25(33)24(17)27/h5-10,13,21-22,26,30-31,33H,11-12,14-15H2,1-4H3/t21-,22-,26-,27-,28-,29-/m0/s1. The topological polar surface area (TPSA) is 125 Å². The summed E-state index contributed by atoms with van der Waals surface area (Å²) in [7, 11) is 6.13. The average molecular weight is 540 g/mol. The fourth-order valence-electron chi connectivity index (χ4n) is 7.70. The molecular formula is C29H33NO9. The van der Waals surface area contributed by atoms with E-state index in [4.69, 9.17) is 28.4 Å². The number of benzene rings is 2. The predicted molar refractivity (Wildman–Crippen MR) is 139 cm³/mol. The number of carbonyl (C=O) groups excluding carboxylic acids is 1. The maximum absolute atomic E-state index is 13.1. The van der Waals surface area contributed by atoms with Crippen molar-refractivity contribution in [3.63, 3.8) is 0 Å². The van der Waals surface area contributed by atoms with Crippen molar-refractivity contribution in [2.45, 2.75) is 54.3 Å². The number of ether oxygens (including phenoxy) is 6. The Hall–Kier alpha value is -3.31. The normalized spacial score (nSPS) is 34.0. The van der Waals surface area contributed by atoms with Gasteiger partial charge in [-0.3, -0.25) is 0 Å². The monoisotopic (exact) mass is 539 g/mol. The van der Waals surface area contributed by atoms with Crippen LogP contribution in [0.5, 0.6) is 23.0 Å². The van der Waals surface area contributed by atoms with E-state index in [9.17, 15) is 15.0 Å². The highest BCUT2D eigenvalue weighted by molar-refractivity contribution is 5.87. The Morgan fingerprint density at radius 1 is 1.08 bits per heavy atom. The second-order valence-electron chi connectivity index (χ2n) is 10.5. The predicted octanol–water partition coefficient (Wildman–Crippen LogP) is 2.95. The van der Waals surface area contributed by atoms with Crippen LogP contribution < -0.4 is 14.8 Å². The summed E-state index contributed by atoms with van der Waals surface area (Å²) in [6.07, 6.45) is 2.70. The molecule has 2 saturated heterocycles. The van der Waals surface area contributed by atoms with E-state index >= 15 is 0 Å². The number of hydrogen-bond donors (Lipinski definition) is 3. The zero-order chi connectivity index (χ0) is 27.6. The number of fused-ring (bicyclic) bond motifs is 3. The summed E-state index contributed by atoms with van der Waals surface area (Å²) >= 11 is 0. The summed E-state index contributed by atoms with van der Waals surface area (Å²) in [5.41, 5.74) is 0.854. The van der Waals surface area contributed by atoms with Crippen LogP contribution in [0.3, 0.4) is 0 Å². The SMILES string of the molecule is COc1ccc(C=CC(=O)O[C@H]2C[C@]34CCN[C@@]35C[C@H](O[C@@]5(OC)[C@H]2OC)c2ccc(OC)c(O)c24)cc1O. The summed E-state index contributed by atoms with van der Waals surface area (Å²) in [5.74, 6) is -1.11. The van der Waals surface area contributed by atoms with Crippen LogP contribution in [0.4, 0.5) is 0 Å². The second-order valence-corrected chi connectivity index (χ2v) is 10.5. The van der Waals surface area contributed by atoms with Gasteiger partial charge in [0.2, 0.25) is 5.79 Å². The number of phenols is 2. The largest absolute Gasteiger partial charge is 0.504 e. The third kappa shape index (κ3) is 3.32. The number of nitrogens with one attached hydrogen (secondary N) is 1. The maximum Gasteiger partial charge on any atom is 0.331 e. The van der Waals surface area contributed by atoms with E-state index in [1.54, 1.807) is 38.5 Å². The molecule has 6 atom stereocenters. The molecule has 0 aromatic heterocycles. The van der Waals surface area contributed by atoms with Gasteiger partial charge in [-0.15, -0.1) is 0 Å². The molecule has 208 valence electrons. The first-order chi connectivity index (χ1) is 18.8. The molecule has 1 spiro atoms. The van der Waals surface area contributed by atoms with Crippen molar-refractivity contribution < 1.29 is 43.4 Å². The van der Waals surface area contributed by atoms with Crippen LogP contribution in [0, 0.1) is 0 Å². The van der Waals surface area contributed by atoms with Gasteiger partial charge in [0.1, 0.15) is 12.2 Å². The molecular weight excluding hydrogens is 506 g/mol. The summed E-state index contributed by atoms with van der Waals surface area (Å²) in [4.78, 5) is 13.1. The average Bonchev–Trinajstić information content (AvgIpc) is 3.48. The van der Waals surface area contributed by atoms with Gasteiger partial charge in [-0.25, -0.2) is 4.79 Å². The number of hydrogen-bond acceptors (Lipinski definition) is 10. The number of methoxy groups -OCH3 is 4. The highest BCUT2D eigenvalue weighted by atomic mass is 16.7. The van der Waals surface area contributed by atoms with Crippen molar-refractivity contribution >= 4 is 12.0 Å². The van der Waals surface area contributed by atoms with Crippen molar-refractivity contribution in [1.82, 2.24) is 5.32 Å². The van der Waals surface area contributed by atoms with Crippen molar-refractivity contribution in [3.05, 3.63) is 53.1 Å². The molecule has 0 amide bonds. The van der Waals surface area contributed by atoms with Gasteiger partial charge in [-0.1, -0.05) is 12.1 Å². The van der Waals surface area contributed by atoms with E-state index in [0.717, 1.165) is 11.1 Å². The third-order valence-electron chi connectivity index (χ3n) is 9.12. The lowest BCUT2D eigenvalue weighted by Gasteiger charge is -2.59. The molecule has 1 saturated carbocycles. The lowest BCUT2D eigenvalue weighted by Crippen LogP contribution is -2.78. The van der Waals surface area contributed by atoms with Crippen LogP contribution in [-0.4, -0.2) is 74.7 Å². The molecule has 0 radical (unpaired) electrons. The Balaban J connectivity index is 1.39. The van der Waals surface area contributed by atoms with Gasteiger partial charge in [0.25, 0.3) is 0 Å². The minimum Gasteiger partial charge on any atom is -0.504 e. The van der Waals surface area contributed by atoms with E-state index in [1.165, 1.54) is 26.4 Å². The van der Waals surface area contributed by atoms with Crippen molar-refractivity contribution in [1.29, 1.82) is 0 Å². The third-order valence-corrected chi connectivity index (χ3v) is 9.12. The molecule has 2 heterocycles. The Kier molecular flexibility index (Phi) is 6.07. The Morgan fingerprint density at radius 3 is 2.54 bits per heavy atom. The first-order valence-corrected chi connectivity index (χ1v) is 13.0. The van der Waals surface area contributed by atoms with Gasteiger partial charge in [0.15, 0.2) is 23.0 Å². The van der Waals surface area contributed by atoms with E-state index < -0.39 is 34.9 Å². The Bertz CT molecular complexity index is 1340. The molecule has 2 aliphatic carbocycles. The summed E-state index contributed by atoms with van der Waals surface area (Å²) < 4.78 is 35.5. The van der Waals surface area contributed by atoms with E-state index in [0.29, 0.717) is 42.9 Å². The molecule has 3 N–H and O–H groups in total. The lowest BCUT2D eigenvalue weighted by molar-refractivity contribution is -0.328. The molecule has 2 aliphatic heterocycles. The fraction of sp³-hybridized carbons (Fsp3) is 0.483. The van der Waals surface area contributed by atoms with Crippen LogP contribution >= 0.6 is 0 Å². The zero-order valence-electron chi connectivity index (χ0n) is 22.4. The summed E-state index contributed by atoms with van der Waals surface area (Å²) in [5, 5.41) is 25.2. The Labute approximate surface area is 226 Å². The van der Waals surface area contributed by atoms with Gasteiger partial charge < -0.3 is 44.0 Å². The zero-order valence-corrected chi connectivity index (χ0v) is 22.4. The molecule has 39 heavy (non-hydrogen) atoms. The Morgan fingerprint density at radius 2 is 1.85 bits per heavy atom. The number of esters is 1. The van der Waals surface area contributed by atoms with Gasteiger partial charge >= 0.3 is 5.97 Å². The van der Waals surface area contributed by atoms with Gasteiger partial charge in [-0.2, -0.15) is 0 Å². The maximum atomic E-state index is 13.1. The lowest BCUT2D eigenvalue weighted by atomic mass is 9.50. The molecule has 10 heteroatoms. The molecule has 10 nitrogen and oxygen atoms in total. The molecule has 2 bridgehead atoms. The minimum atomic E-state index is -1.28. The van der Waals surface area contributed by atoms with Crippen molar-refractivity contribution in [2.75, 3.05) is 35.0 Å². The summed E-state index contributed by atoms with van der Waals surface area (Å²) in [6, 6.07) is 8.52.